The summed E-state index contributed by atoms with van der Waals surface area (Å²) in [5, 5.41) is 5.31. The molecule has 0 saturated heterocycles. The van der Waals surface area contributed by atoms with Gasteiger partial charge in [0.1, 0.15) is 0 Å². The highest BCUT2D eigenvalue weighted by molar-refractivity contribution is 5.98. The van der Waals surface area contributed by atoms with Crippen LogP contribution in [-0.2, 0) is 9.53 Å². The van der Waals surface area contributed by atoms with E-state index < -0.39 is 23.9 Å². The van der Waals surface area contributed by atoms with Crippen LogP contribution < -0.4 is 11.1 Å². The van der Waals surface area contributed by atoms with E-state index in [1.807, 2.05) is 12.2 Å². The number of hydrogen-bond donors (Lipinski definition) is 1. The van der Waals surface area contributed by atoms with Crippen molar-refractivity contribution in [3.63, 3.8) is 0 Å². The third kappa shape index (κ3) is 5.09. The van der Waals surface area contributed by atoms with Crippen LogP contribution in [0.3, 0.4) is 0 Å². The molecule has 1 unspecified atom stereocenters. The molecule has 110 valence electrons. The van der Waals surface area contributed by atoms with Crippen LogP contribution in [0.15, 0.2) is 26.4 Å². The standard InChI is InChI=1S/C12H16N2O6/c1-3-5-6-7-8(10-14-20-12(17)19-10)18-11(16)13-9(15)4-2/h4,8H,2-3,5-7H2,1H3,(H,13,15,16). The lowest BCUT2D eigenvalue weighted by Crippen LogP contribution is -2.30. The van der Waals surface area contributed by atoms with Crippen LogP contribution in [0.2, 0.25) is 0 Å². The molecule has 0 aromatic carbocycles. The summed E-state index contributed by atoms with van der Waals surface area (Å²) < 4.78 is 13.9. The number of nitrogens with one attached hydrogen (secondary N) is 1. The van der Waals surface area contributed by atoms with E-state index >= 15 is 0 Å². The van der Waals surface area contributed by atoms with Crippen LogP contribution in [0.1, 0.15) is 44.6 Å². The van der Waals surface area contributed by atoms with Gasteiger partial charge in [-0.15, -0.1) is 0 Å². The number of imide groups is 1. The topological polar surface area (TPSA) is 112 Å². The summed E-state index contributed by atoms with van der Waals surface area (Å²) in [5.41, 5.74) is 0. The Labute approximate surface area is 114 Å². The predicted molar refractivity (Wildman–Crippen MR) is 66.7 cm³/mol. The lowest BCUT2D eigenvalue weighted by Gasteiger charge is -2.13. The van der Waals surface area contributed by atoms with Gasteiger partial charge in [0.25, 0.3) is 11.8 Å². The van der Waals surface area contributed by atoms with Crippen LogP contribution in [0.4, 0.5) is 4.79 Å². The summed E-state index contributed by atoms with van der Waals surface area (Å²) in [4.78, 5) is 33.2. The Morgan fingerprint density at radius 2 is 2.25 bits per heavy atom. The molecule has 0 saturated carbocycles. The summed E-state index contributed by atoms with van der Waals surface area (Å²) in [6, 6.07) is 0. The maximum atomic E-state index is 11.5. The molecule has 0 aliphatic heterocycles. The van der Waals surface area contributed by atoms with Gasteiger partial charge in [0.15, 0.2) is 6.10 Å². The highest BCUT2D eigenvalue weighted by Crippen LogP contribution is 2.21. The molecule has 1 N–H and O–H groups in total. The van der Waals surface area contributed by atoms with Crippen LogP contribution in [0, 0.1) is 0 Å². The highest BCUT2D eigenvalue weighted by Gasteiger charge is 2.23. The van der Waals surface area contributed by atoms with Crippen molar-refractivity contribution in [3.8, 4) is 0 Å². The molecular weight excluding hydrogens is 268 g/mol. The third-order valence-electron chi connectivity index (χ3n) is 2.40. The van der Waals surface area contributed by atoms with Gasteiger partial charge in [-0.3, -0.25) is 14.6 Å². The molecule has 8 heteroatoms. The van der Waals surface area contributed by atoms with E-state index in [1.165, 1.54) is 0 Å². The van der Waals surface area contributed by atoms with Gasteiger partial charge < -0.3 is 9.15 Å². The number of carbonyl (C=O) groups is 2. The van der Waals surface area contributed by atoms with Gasteiger partial charge in [-0.1, -0.05) is 26.3 Å². The number of hydrogen-bond acceptors (Lipinski definition) is 7. The summed E-state index contributed by atoms with van der Waals surface area (Å²) in [7, 11) is 0. The largest absolute Gasteiger partial charge is 0.542 e. The minimum atomic E-state index is -0.980. The Morgan fingerprint density at radius 1 is 1.50 bits per heavy atom. The maximum Gasteiger partial charge on any atom is 0.542 e. The van der Waals surface area contributed by atoms with Crippen LogP contribution in [0.25, 0.3) is 0 Å². The smallest absolute Gasteiger partial charge is 0.436 e. The fourth-order valence-electron chi connectivity index (χ4n) is 1.45. The summed E-state index contributed by atoms with van der Waals surface area (Å²) in [6.45, 7) is 5.22. The maximum absolute atomic E-state index is 11.5. The zero-order chi connectivity index (χ0) is 15.0. The zero-order valence-electron chi connectivity index (χ0n) is 11.1. The number of nitrogens with zero attached hydrogens (tertiary/aromatic N) is 1. The molecule has 20 heavy (non-hydrogen) atoms. The van der Waals surface area contributed by atoms with Gasteiger partial charge >= 0.3 is 11.9 Å². The summed E-state index contributed by atoms with van der Waals surface area (Å²) >= 11 is 0. The number of amides is 2. The number of alkyl carbamates (subject to hydrolysis) is 1. The molecule has 1 atom stereocenters. The predicted octanol–water partition coefficient (Wildman–Crippen LogP) is 1.69. The SMILES string of the molecule is C=CC(=O)NC(=O)OC(CCCCC)c1noc(=O)o1. The molecule has 0 bridgehead atoms. The molecule has 0 aliphatic rings. The molecule has 0 aliphatic carbocycles. The fourth-order valence-corrected chi connectivity index (χ4v) is 1.45. The van der Waals surface area contributed by atoms with Crippen molar-refractivity contribution in [1.82, 2.24) is 10.5 Å². The Bertz CT molecular complexity index is 518. The Hall–Kier alpha value is -2.38. The average Bonchev–Trinajstić information content (AvgIpc) is 2.84. The first-order valence-corrected chi connectivity index (χ1v) is 6.17. The van der Waals surface area contributed by atoms with Crippen molar-refractivity contribution < 1.29 is 23.3 Å². The van der Waals surface area contributed by atoms with Gasteiger partial charge in [-0.2, -0.15) is 0 Å². The Morgan fingerprint density at radius 3 is 2.80 bits per heavy atom. The van der Waals surface area contributed by atoms with Crippen molar-refractivity contribution in [1.29, 1.82) is 0 Å². The molecule has 0 radical (unpaired) electrons. The third-order valence-corrected chi connectivity index (χ3v) is 2.40. The molecule has 8 nitrogen and oxygen atoms in total. The first kappa shape index (κ1) is 15.7. The van der Waals surface area contributed by atoms with Crippen molar-refractivity contribution in [3.05, 3.63) is 29.2 Å². The van der Waals surface area contributed by atoms with E-state index in [0.29, 0.717) is 6.42 Å². The van der Waals surface area contributed by atoms with E-state index in [4.69, 9.17) is 4.74 Å². The van der Waals surface area contributed by atoms with Crippen LogP contribution >= 0.6 is 0 Å². The number of rotatable bonds is 7. The molecule has 1 heterocycles. The average molecular weight is 284 g/mol. The van der Waals surface area contributed by atoms with Gasteiger partial charge in [-0.25, -0.2) is 9.59 Å². The van der Waals surface area contributed by atoms with Crippen molar-refractivity contribution >= 4 is 12.0 Å². The first-order valence-electron chi connectivity index (χ1n) is 6.17. The van der Waals surface area contributed by atoms with Crippen molar-refractivity contribution in [2.45, 2.75) is 38.7 Å². The van der Waals surface area contributed by atoms with E-state index in [-0.39, 0.29) is 5.89 Å². The molecule has 0 spiro atoms. The molecule has 1 rings (SSSR count). The summed E-state index contributed by atoms with van der Waals surface area (Å²) in [6.07, 6.45) is 2.10. The fraction of sp³-hybridized carbons (Fsp3) is 0.500. The number of carbonyl (C=O) groups excluding carboxylic acids is 2. The number of aromatic nitrogens is 1. The lowest BCUT2D eigenvalue weighted by atomic mass is 10.1. The minimum absolute atomic E-state index is 0.132. The van der Waals surface area contributed by atoms with Gasteiger partial charge in [0, 0.05) is 0 Å². The van der Waals surface area contributed by atoms with Crippen LogP contribution in [0.5, 0.6) is 0 Å². The normalized spacial score (nSPS) is 11.7. The van der Waals surface area contributed by atoms with Crippen LogP contribution in [-0.4, -0.2) is 17.2 Å². The van der Waals surface area contributed by atoms with E-state index in [2.05, 4.69) is 20.7 Å². The highest BCUT2D eigenvalue weighted by atomic mass is 16.6. The zero-order valence-corrected chi connectivity index (χ0v) is 11.1. The lowest BCUT2D eigenvalue weighted by molar-refractivity contribution is -0.116. The summed E-state index contributed by atoms with van der Waals surface area (Å²) in [5.74, 6) is -1.80. The quantitative estimate of drug-likeness (QED) is 0.598. The van der Waals surface area contributed by atoms with Gasteiger partial charge in [0.05, 0.1) is 0 Å². The monoisotopic (exact) mass is 284 g/mol. The van der Waals surface area contributed by atoms with Crippen molar-refractivity contribution in [2.75, 3.05) is 0 Å². The van der Waals surface area contributed by atoms with E-state index in [9.17, 15) is 14.4 Å². The van der Waals surface area contributed by atoms with E-state index in [0.717, 1.165) is 25.3 Å². The molecule has 1 aromatic rings. The Kier molecular flexibility index (Phi) is 6.21. The Balaban J connectivity index is 2.67. The van der Waals surface area contributed by atoms with E-state index in [1.54, 1.807) is 0 Å². The number of unbranched alkanes of at least 4 members (excludes halogenated alkanes) is 2. The van der Waals surface area contributed by atoms with Gasteiger partial charge in [0.2, 0.25) is 0 Å². The first-order chi connectivity index (χ1) is 9.56. The second-order valence-electron chi connectivity index (χ2n) is 3.96. The molecule has 1 aromatic heterocycles. The van der Waals surface area contributed by atoms with Gasteiger partial charge in [-0.05, 0) is 24.1 Å². The second-order valence-corrected chi connectivity index (χ2v) is 3.96. The van der Waals surface area contributed by atoms with Crippen molar-refractivity contribution in [2.24, 2.45) is 0 Å². The minimum Gasteiger partial charge on any atom is -0.436 e. The number of ether oxygens (including phenoxy) is 1. The second kappa shape index (κ2) is 7.93. The molecular formula is C12H16N2O6. The molecule has 0 fully saturated rings. The molecule has 2 amide bonds.